The van der Waals surface area contributed by atoms with Crippen molar-refractivity contribution in [1.29, 1.82) is 0 Å². The van der Waals surface area contributed by atoms with Crippen molar-refractivity contribution in [2.45, 2.75) is 6.17 Å². The molecule has 2 heterocycles. The van der Waals surface area contributed by atoms with Crippen LogP contribution in [0.25, 0.3) is 0 Å². The zero-order valence-electron chi connectivity index (χ0n) is 16.0. The SMILES string of the molecule is CN1NC(=Nc2ccccc2)N2c3ccc(Cl)cc3C(c3ccccc3)=NCC12. The molecule has 1 fully saturated rings. The number of guanidine groups is 1. The fourth-order valence-corrected chi connectivity index (χ4v) is 3.96. The molecule has 1 unspecified atom stereocenters. The number of hydrogen-bond donors (Lipinski definition) is 1. The average molecular weight is 402 g/mol. The van der Waals surface area contributed by atoms with E-state index in [4.69, 9.17) is 21.6 Å². The van der Waals surface area contributed by atoms with Crippen LogP contribution in [0.4, 0.5) is 11.4 Å². The molecular formula is C23H20ClN5. The zero-order chi connectivity index (χ0) is 19.8. The molecular weight excluding hydrogens is 382 g/mol. The predicted octanol–water partition coefficient (Wildman–Crippen LogP) is 4.46. The number of likely N-dealkylation sites (N-methyl/N-ethyl adjacent to an activating group) is 1. The monoisotopic (exact) mass is 401 g/mol. The number of hydrazine groups is 1. The summed E-state index contributed by atoms with van der Waals surface area (Å²) in [6.45, 7) is 0.605. The Kier molecular flexibility index (Phi) is 4.54. The van der Waals surface area contributed by atoms with Gasteiger partial charge in [0.05, 0.1) is 23.6 Å². The molecule has 0 spiro atoms. The van der Waals surface area contributed by atoms with E-state index in [0.29, 0.717) is 11.6 Å². The van der Waals surface area contributed by atoms with E-state index in [1.54, 1.807) is 0 Å². The highest BCUT2D eigenvalue weighted by atomic mass is 35.5. The predicted molar refractivity (Wildman–Crippen MR) is 119 cm³/mol. The summed E-state index contributed by atoms with van der Waals surface area (Å²) in [5.41, 5.74) is 8.35. The maximum absolute atomic E-state index is 6.39. The third kappa shape index (κ3) is 3.28. The van der Waals surface area contributed by atoms with Crippen LogP contribution in [0.15, 0.2) is 88.8 Å². The lowest BCUT2D eigenvalue weighted by molar-refractivity contribution is 0.254. The van der Waals surface area contributed by atoms with E-state index in [9.17, 15) is 0 Å². The summed E-state index contributed by atoms with van der Waals surface area (Å²) in [6.07, 6.45) is 0.0126. The summed E-state index contributed by atoms with van der Waals surface area (Å²) < 4.78 is 0. The molecule has 1 atom stereocenters. The van der Waals surface area contributed by atoms with E-state index in [1.807, 2.05) is 67.7 Å². The van der Waals surface area contributed by atoms with E-state index >= 15 is 0 Å². The summed E-state index contributed by atoms with van der Waals surface area (Å²) in [7, 11) is 2.02. The zero-order valence-corrected chi connectivity index (χ0v) is 16.7. The minimum Gasteiger partial charge on any atom is -0.291 e. The normalized spacial score (nSPS) is 19.9. The molecule has 5 nitrogen and oxygen atoms in total. The average Bonchev–Trinajstić information content (AvgIpc) is 2.94. The topological polar surface area (TPSA) is 43.2 Å². The lowest BCUT2D eigenvalue weighted by Crippen LogP contribution is -2.40. The Morgan fingerprint density at radius 3 is 2.48 bits per heavy atom. The van der Waals surface area contributed by atoms with Crippen molar-refractivity contribution < 1.29 is 0 Å². The van der Waals surface area contributed by atoms with E-state index < -0.39 is 0 Å². The van der Waals surface area contributed by atoms with Crippen molar-refractivity contribution >= 4 is 34.6 Å². The summed E-state index contributed by atoms with van der Waals surface area (Å²) in [6, 6.07) is 26.2. The summed E-state index contributed by atoms with van der Waals surface area (Å²) in [4.78, 5) is 12.1. The third-order valence-corrected chi connectivity index (χ3v) is 5.41. The van der Waals surface area contributed by atoms with Gasteiger partial charge in [0, 0.05) is 23.2 Å². The van der Waals surface area contributed by atoms with Gasteiger partial charge in [0.2, 0.25) is 5.96 Å². The Morgan fingerprint density at radius 2 is 1.72 bits per heavy atom. The molecule has 0 aliphatic carbocycles. The van der Waals surface area contributed by atoms with Crippen LogP contribution < -0.4 is 10.3 Å². The molecule has 2 aliphatic heterocycles. The molecule has 29 heavy (non-hydrogen) atoms. The van der Waals surface area contributed by atoms with Gasteiger partial charge in [-0.05, 0) is 30.3 Å². The minimum absolute atomic E-state index is 0.0126. The molecule has 1 N–H and O–H groups in total. The molecule has 144 valence electrons. The first kappa shape index (κ1) is 17.9. The number of hydrogen-bond acceptors (Lipinski definition) is 3. The number of para-hydroxylation sites is 1. The second-order valence-corrected chi connectivity index (χ2v) is 7.50. The number of nitrogens with zero attached hydrogens (tertiary/aromatic N) is 4. The first-order chi connectivity index (χ1) is 14.2. The molecule has 0 aromatic heterocycles. The maximum Gasteiger partial charge on any atom is 0.220 e. The summed E-state index contributed by atoms with van der Waals surface area (Å²) >= 11 is 6.39. The van der Waals surface area contributed by atoms with Crippen molar-refractivity contribution in [2.75, 3.05) is 18.5 Å². The highest BCUT2D eigenvalue weighted by molar-refractivity contribution is 6.31. The number of nitrogens with one attached hydrogen (secondary N) is 1. The number of benzene rings is 3. The van der Waals surface area contributed by atoms with Gasteiger partial charge >= 0.3 is 0 Å². The van der Waals surface area contributed by atoms with E-state index in [0.717, 1.165) is 34.2 Å². The Bertz CT molecular complexity index is 1090. The third-order valence-electron chi connectivity index (χ3n) is 5.17. The van der Waals surface area contributed by atoms with Crippen molar-refractivity contribution in [1.82, 2.24) is 10.4 Å². The number of halogens is 1. The molecule has 5 rings (SSSR count). The molecule has 0 radical (unpaired) electrons. The molecule has 3 aromatic rings. The number of rotatable bonds is 2. The minimum atomic E-state index is 0.0126. The van der Waals surface area contributed by atoms with Crippen LogP contribution in [-0.2, 0) is 0 Å². The van der Waals surface area contributed by atoms with E-state index in [1.165, 1.54) is 0 Å². The van der Waals surface area contributed by atoms with E-state index in [-0.39, 0.29) is 6.17 Å². The van der Waals surface area contributed by atoms with Gasteiger partial charge in [-0.15, -0.1) is 0 Å². The molecule has 0 bridgehead atoms. The van der Waals surface area contributed by atoms with Gasteiger partial charge in [-0.25, -0.2) is 4.99 Å². The Labute approximate surface area is 174 Å². The number of fused-ring (bicyclic) bond motifs is 3. The summed E-state index contributed by atoms with van der Waals surface area (Å²) in [5, 5.41) is 2.74. The van der Waals surface area contributed by atoms with Crippen molar-refractivity contribution in [3.63, 3.8) is 0 Å². The highest BCUT2D eigenvalue weighted by Gasteiger charge is 2.38. The molecule has 1 saturated heterocycles. The Balaban J connectivity index is 1.67. The van der Waals surface area contributed by atoms with Gasteiger partial charge in [-0.2, -0.15) is 5.01 Å². The van der Waals surface area contributed by atoms with Gasteiger partial charge in [0.1, 0.15) is 6.17 Å². The standard InChI is InChI=1S/C23H20ClN5/c1-28-21-15-25-22(16-8-4-2-5-9-16)19-14-17(24)12-13-20(19)29(21)23(27-28)26-18-10-6-3-7-11-18/h2-14,21H,15H2,1H3,(H,26,27). The fourth-order valence-electron chi connectivity index (χ4n) is 3.79. The van der Waals surface area contributed by atoms with Crippen molar-refractivity contribution in [3.05, 3.63) is 95.0 Å². The first-order valence-electron chi connectivity index (χ1n) is 9.53. The smallest absolute Gasteiger partial charge is 0.220 e. The van der Waals surface area contributed by atoms with Crippen LogP contribution in [0.2, 0.25) is 5.02 Å². The van der Waals surface area contributed by atoms with Gasteiger partial charge in [-0.1, -0.05) is 60.1 Å². The Morgan fingerprint density at radius 1 is 1.00 bits per heavy atom. The maximum atomic E-state index is 6.39. The summed E-state index contributed by atoms with van der Waals surface area (Å²) in [5.74, 6) is 0.775. The van der Waals surface area contributed by atoms with Crippen LogP contribution in [0.3, 0.4) is 0 Å². The van der Waals surface area contributed by atoms with Gasteiger partial charge in [-0.3, -0.25) is 15.3 Å². The van der Waals surface area contributed by atoms with Crippen LogP contribution in [0.1, 0.15) is 11.1 Å². The van der Waals surface area contributed by atoms with Gasteiger partial charge in [0.25, 0.3) is 0 Å². The quantitative estimate of drug-likeness (QED) is 0.689. The molecule has 0 amide bonds. The second kappa shape index (κ2) is 7.35. The van der Waals surface area contributed by atoms with Crippen LogP contribution >= 0.6 is 11.6 Å². The van der Waals surface area contributed by atoms with Crippen molar-refractivity contribution in [2.24, 2.45) is 9.98 Å². The van der Waals surface area contributed by atoms with Crippen molar-refractivity contribution in [3.8, 4) is 0 Å². The fraction of sp³-hybridized carbons (Fsp3) is 0.130. The van der Waals surface area contributed by atoms with Crippen LogP contribution in [0.5, 0.6) is 0 Å². The lowest BCUT2D eigenvalue weighted by Gasteiger charge is -2.25. The number of anilines is 1. The Hall–Kier alpha value is -3.15. The number of aliphatic imine (C=N–C) groups is 2. The highest BCUT2D eigenvalue weighted by Crippen LogP contribution is 2.34. The van der Waals surface area contributed by atoms with Gasteiger partial charge in [0.15, 0.2) is 0 Å². The van der Waals surface area contributed by atoms with Crippen LogP contribution in [-0.4, -0.2) is 36.4 Å². The molecule has 0 saturated carbocycles. The largest absolute Gasteiger partial charge is 0.291 e. The molecule has 2 aliphatic rings. The van der Waals surface area contributed by atoms with Crippen LogP contribution in [0, 0.1) is 0 Å². The molecule has 6 heteroatoms. The van der Waals surface area contributed by atoms with Gasteiger partial charge < -0.3 is 0 Å². The lowest BCUT2D eigenvalue weighted by atomic mass is 10.0. The second-order valence-electron chi connectivity index (χ2n) is 7.06. The van der Waals surface area contributed by atoms with E-state index in [2.05, 4.69) is 33.5 Å². The molecule has 3 aromatic carbocycles. The first-order valence-corrected chi connectivity index (χ1v) is 9.91.